The first-order valence-corrected chi connectivity index (χ1v) is 6.96. The van der Waals surface area contributed by atoms with Crippen molar-refractivity contribution in [3.8, 4) is 0 Å². The third-order valence-electron chi connectivity index (χ3n) is 4.30. The number of pyridine rings is 1. The van der Waals surface area contributed by atoms with E-state index in [1.165, 1.54) is 19.4 Å². The molecule has 3 rings (SSSR count). The summed E-state index contributed by atoms with van der Waals surface area (Å²) in [6.45, 7) is 6.31. The number of nitrogens with zero attached hydrogens (tertiary/aromatic N) is 3. The van der Waals surface area contributed by atoms with Crippen molar-refractivity contribution in [2.75, 3.05) is 31.1 Å². The lowest BCUT2D eigenvalue weighted by atomic mass is 10.1. The molecule has 1 aromatic heterocycles. The number of hydrogen-bond acceptors (Lipinski definition) is 4. The van der Waals surface area contributed by atoms with Gasteiger partial charge in [-0.1, -0.05) is 0 Å². The molecular weight excluding hydrogens is 238 g/mol. The topological polar surface area (TPSA) is 69.2 Å². The molecule has 5 nitrogen and oxygen atoms in total. The van der Waals surface area contributed by atoms with E-state index in [2.05, 4.69) is 14.8 Å². The van der Waals surface area contributed by atoms with Crippen molar-refractivity contribution in [3.63, 3.8) is 0 Å². The van der Waals surface area contributed by atoms with Crippen LogP contribution >= 0.6 is 0 Å². The molecule has 0 bridgehead atoms. The maximum Gasteiger partial charge on any atom is 0.139 e. The molecule has 0 saturated carbocycles. The van der Waals surface area contributed by atoms with E-state index in [0.717, 1.165) is 36.6 Å². The molecule has 0 radical (unpaired) electrons. The van der Waals surface area contributed by atoms with Crippen LogP contribution in [0.2, 0.25) is 0 Å². The van der Waals surface area contributed by atoms with E-state index in [1.54, 1.807) is 0 Å². The van der Waals surface area contributed by atoms with Crippen LogP contribution in [0.5, 0.6) is 0 Å². The van der Waals surface area contributed by atoms with Crippen LogP contribution < -0.4 is 10.6 Å². The predicted octanol–water partition coefficient (Wildman–Crippen LogP) is 0.958. The molecule has 3 heterocycles. The Hall–Kier alpha value is -1.62. The van der Waals surface area contributed by atoms with E-state index in [1.807, 2.05) is 19.2 Å². The van der Waals surface area contributed by atoms with Crippen LogP contribution in [0.1, 0.15) is 24.0 Å². The Morgan fingerprint density at radius 1 is 1.42 bits per heavy atom. The number of anilines is 1. The lowest BCUT2D eigenvalue weighted by molar-refractivity contribution is 0.230. The summed E-state index contributed by atoms with van der Waals surface area (Å²) in [5.41, 5.74) is 7.57. The summed E-state index contributed by atoms with van der Waals surface area (Å²) in [5.74, 6) is 1.01. The molecule has 102 valence electrons. The normalized spacial score (nSPS) is 23.4. The fraction of sp³-hybridized carbons (Fsp3) is 0.571. The average Bonchev–Trinajstić information content (AvgIpc) is 2.85. The summed E-state index contributed by atoms with van der Waals surface area (Å²) in [6, 6.07) is 2.57. The molecule has 3 N–H and O–H groups in total. The first kappa shape index (κ1) is 12.4. The molecule has 19 heavy (non-hydrogen) atoms. The number of aromatic nitrogens is 1. The molecule has 2 aliphatic heterocycles. The van der Waals surface area contributed by atoms with Gasteiger partial charge >= 0.3 is 0 Å². The number of nitrogens with one attached hydrogen (secondary N) is 1. The van der Waals surface area contributed by atoms with Crippen molar-refractivity contribution in [2.45, 2.75) is 25.8 Å². The molecule has 1 aromatic rings. The van der Waals surface area contributed by atoms with E-state index < -0.39 is 0 Å². The van der Waals surface area contributed by atoms with Gasteiger partial charge in [0.1, 0.15) is 11.7 Å². The van der Waals surface area contributed by atoms with Crippen LogP contribution in [-0.4, -0.2) is 47.9 Å². The Kier molecular flexibility index (Phi) is 3.14. The van der Waals surface area contributed by atoms with Gasteiger partial charge < -0.3 is 10.6 Å². The van der Waals surface area contributed by atoms with Gasteiger partial charge in [0.2, 0.25) is 0 Å². The van der Waals surface area contributed by atoms with E-state index in [-0.39, 0.29) is 5.84 Å². The van der Waals surface area contributed by atoms with Gasteiger partial charge in [-0.3, -0.25) is 10.3 Å². The Balaban J connectivity index is 1.90. The molecule has 2 fully saturated rings. The number of nitrogen functional groups attached to an aromatic ring is 1. The van der Waals surface area contributed by atoms with Gasteiger partial charge in [0, 0.05) is 31.9 Å². The highest BCUT2D eigenvalue weighted by Crippen LogP contribution is 2.27. The molecule has 2 aliphatic rings. The van der Waals surface area contributed by atoms with E-state index in [0.29, 0.717) is 6.04 Å². The maximum absolute atomic E-state index is 7.78. The van der Waals surface area contributed by atoms with Gasteiger partial charge in [-0.25, -0.2) is 4.98 Å². The van der Waals surface area contributed by atoms with Crippen LogP contribution in [0, 0.1) is 12.3 Å². The third-order valence-corrected chi connectivity index (χ3v) is 4.30. The van der Waals surface area contributed by atoms with Crippen LogP contribution in [-0.2, 0) is 0 Å². The van der Waals surface area contributed by atoms with Crippen molar-refractivity contribution in [1.29, 1.82) is 5.41 Å². The molecule has 0 aromatic carbocycles. The second-order valence-electron chi connectivity index (χ2n) is 5.52. The zero-order valence-electron chi connectivity index (χ0n) is 11.4. The number of piperazine rings is 1. The third kappa shape index (κ3) is 2.18. The van der Waals surface area contributed by atoms with Crippen molar-refractivity contribution < 1.29 is 0 Å². The fourth-order valence-corrected chi connectivity index (χ4v) is 3.30. The Labute approximate surface area is 113 Å². The monoisotopic (exact) mass is 259 g/mol. The predicted molar refractivity (Wildman–Crippen MR) is 76.8 cm³/mol. The molecule has 1 unspecified atom stereocenters. The molecule has 2 saturated heterocycles. The molecule has 1 atom stereocenters. The smallest absolute Gasteiger partial charge is 0.139 e. The highest BCUT2D eigenvalue weighted by Gasteiger charge is 2.32. The minimum absolute atomic E-state index is 0.120. The zero-order chi connectivity index (χ0) is 13.4. The number of amidine groups is 1. The number of aryl methyl sites for hydroxylation is 1. The van der Waals surface area contributed by atoms with Crippen LogP contribution in [0.4, 0.5) is 5.82 Å². The highest BCUT2D eigenvalue weighted by atomic mass is 15.3. The lowest BCUT2D eigenvalue weighted by Crippen LogP contribution is -2.50. The second-order valence-corrected chi connectivity index (χ2v) is 5.52. The van der Waals surface area contributed by atoms with Gasteiger partial charge in [-0.2, -0.15) is 0 Å². The number of nitrogens with two attached hydrogens (primary N) is 1. The standard InChI is InChI=1S/C14H21N5/c1-10-4-5-17-14(12(10)13(15)16)19-8-7-18-6-2-3-11(18)9-19/h4-5,11H,2-3,6-9H2,1H3,(H3,15,16). The van der Waals surface area contributed by atoms with Gasteiger partial charge in [-0.05, 0) is 37.9 Å². The van der Waals surface area contributed by atoms with Crippen LogP contribution in [0.15, 0.2) is 12.3 Å². The average molecular weight is 259 g/mol. The largest absolute Gasteiger partial charge is 0.384 e. The minimum atomic E-state index is 0.120. The van der Waals surface area contributed by atoms with Gasteiger partial charge in [-0.15, -0.1) is 0 Å². The zero-order valence-corrected chi connectivity index (χ0v) is 11.4. The van der Waals surface area contributed by atoms with Crippen molar-refractivity contribution in [3.05, 3.63) is 23.4 Å². The van der Waals surface area contributed by atoms with Crippen molar-refractivity contribution >= 4 is 11.7 Å². The van der Waals surface area contributed by atoms with Crippen LogP contribution in [0.25, 0.3) is 0 Å². The SMILES string of the molecule is Cc1ccnc(N2CCN3CCCC3C2)c1C(=N)N. The van der Waals surface area contributed by atoms with Gasteiger partial charge in [0.05, 0.1) is 5.56 Å². The molecular formula is C14H21N5. The highest BCUT2D eigenvalue weighted by molar-refractivity contribution is 6.01. The van der Waals surface area contributed by atoms with E-state index in [9.17, 15) is 0 Å². The summed E-state index contributed by atoms with van der Waals surface area (Å²) < 4.78 is 0. The number of hydrogen-bond donors (Lipinski definition) is 2. The summed E-state index contributed by atoms with van der Waals surface area (Å²) in [5, 5.41) is 7.78. The summed E-state index contributed by atoms with van der Waals surface area (Å²) in [4.78, 5) is 9.36. The molecule has 5 heteroatoms. The Morgan fingerprint density at radius 3 is 3.05 bits per heavy atom. The molecule has 0 amide bonds. The van der Waals surface area contributed by atoms with Crippen molar-refractivity contribution in [1.82, 2.24) is 9.88 Å². The molecule has 0 aliphatic carbocycles. The van der Waals surface area contributed by atoms with Crippen molar-refractivity contribution in [2.24, 2.45) is 5.73 Å². The second kappa shape index (κ2) is 4.81. The fourth-order valence-electron chi connectivity index (χ4n) is 3.30. The summed E-state index contributed by atoms with van der Waals surface area (Å²) >= 11 is 0. The first-order valence-electron chi connectivity index (χ1n) is 6.96. The minimum Gasteiger partial charge on any atom is -0.384 e. The Morgan fingerprint density at radius 2 is 2.26 bits per heavy atom. The lowest BCUT2D eigenvalue weighted by Gasteiger charge is -2.38. The quantitative estimate of drug-likeness (QED) is 0.613. The number of fused-ring (bicyclic) bond motifs is 1. The van der Waals surface area contributed by atoms with Gasteiger partial charge in [0.15, 0.2) is 0 Å². The first-order chi connectivity index (χ1) is 9.16. The van der Waals surface area contributed by atoms with E-state index in [4.69, 9.17) is 11.1 Å². The number of rotatable bonds is 2. The summed E-state index contributed by atoms with van der Waals surface area (Å²) in [7, 11) is 0. The van der Waals surface area contributed by atoms with Gasteiger partial charge in [0.25, 0.3) is 0 Å². The van der Waals surface area contributed by atoms with Crippen LogP contribution in [0.3, 0.4) is 0 Å². The van der Waals surface area contributed by atoms with E-state index >= 15 is 0 Å². The maximum atomic E-state index is 7.78. The molecule has 0 spiro atoms. The Bertz CT molecular complexity index is 499. The summed E-state index contributed by atoms with van der Waals surface area (Å²) in [6.07, 6.45) is 4.40.